The summed E-state index contributed by atoms with van der Waals surface area (Å²) in [4.78, 5) is 22.0. The molecule has 18 heavy (non-hydrogen) atoms. The predicted octanol–water partition coefficient (Wildman–Crippen LogP) is 1.56. The van der Waals surface area contributed by atoms with Gasteiger partial charge in [-0.25, -0.2) is 8.78 Å². The number of halogens is 2. The number of primary amides is 1. The largest absolute Gasteiger partial charge is 0.466 e. The molecule has 98 valence electrons. The van der Waals surface area contributed by atoms with Crippen molar-refractivity contribution in [2.45, 2.75) is 19.8 Å². The molecule has 4 nitrogen and oxygen atoms in total. The van der Waals surface area contributed by atoms with E-state index in [-0.39, 0.29) is 25.0 Å². The lowest BCUT2D eigenvalue weighted by molar-refractivity contribution is -0.143. The van der Waals surface area contributed by atoms with Gasteiger partial charge in [0.05, 0.1) is 6.61 Å². The van der Waals surface area contributed by atoms with Crippen molar-refractivity contribution in [1.82, 2.24) is 0 Å². The van der Waals surface area contributed by atoms with Crippen LogP contribution in [0.1, 0.15) is 29.3 Å². The van der Waals surface area contributed by atoms with E-state index in [1.54, 1.807) is 6.92 Å². The van der Waals surface area contributed by atoms with Crippen LogP contribution in [-0.4, -0.2) is 18.5 Å². The minimum Gasteiger partial charge on any atom is -0.466 e. The second-order valence-corrected chi connectivity index (χ2v) is 3.56. The van der Waals surface area contributed by atoms with Gasteiger partial charge in [0.1, 0.15) is 17.2 Å². The molecule has 0 heterocycles. The zero-order valence-corrected chi connectivity index (χ0v) is 9.83. The van der Waals surface area contributed by atoms with Crippen LogP contribution in [-0.2, 0) is 16.0 Å². The van der Waals surface area contributed by atoms with Crippen molar-refractivity contribution in [3.05, 3.63) is 34.9 Å². The van der Waals surface area contributed by atoms with Crippen LogP contribution in [0.4, 0.5) is 8.78 Å². The average molecular weight is 257 g/mol. The van der Waals surface area contributed by atoms with Crippen LogP contribution in [0.15, 0.2) is 12.1 Å². The van der Waals surface area contributed by atoms with Crippen LogP contribution in [0.3, 0.4) is 0 Å². The Morgan fingerprint density at radius 3 is 2.56 bits per heavy atom. The van der Waals surface area contributed by atoms with Crippen LogP contribution in [0.2, 0.25) is 0 Å². The minimum absolute atomic E-state index is 0.0191. The molecule has 0 fully saturated rings. The van der Waals surface area contributed by atoms with E-state index in [2.05, 4.69) is 4.74 Å². The summed E-state index contributed by atoms with van der Waals surface area (Å²) in [6.07, 6.45) is -0.0280. The number of benzene rings is 1. The normalized spacial score (nSPS) is 10.2. The highest BCUT2D eigenvalue weighted by Gasteiger charge is 2.18. The highest BCUT2D eigenvalue weighted by molar-refractivity contribution is 5.93. The third-order valence-corrected chi connectivity index (χ3v) is 2.32. The lowest BCUT2D eigenvalue weighted by atomic mass is 10.0. The summed E-state index contributed by atoms with van der Waals surface area (Å²) in [5, 5.41) is 0. The van der Waals surface area contributed by atoms with Gasteiger partial charge in [-0.05, 0) is 25.0 Å². The number of aryl methyl sites for hydroxylation is 1. The molecule has 1 rings (SSSR count). The first kappa shape index (κ1) is 14.1. The fraction of sp³-hybridized carbons (Fsp3) is 0.333. The van der Waals surface area contributed by atoms with E-state index in [1.165, 1.54) is 6.07 Å². The Labute approximate surface area is 103 Å². The van der Waals surface area contributed by atoms with Crippen LogP contribution in [0, 0.1) is 11.6 Å². The minimum atomic E-state index is -1.18. The SMILES string of the molecule is CCOC(=O)CCc1ccc(F)c(C(N)=O)c1F. The lowest BCUT2D eigenvalue weighted by Gasteiger charge is -2.07. The molecule has 0 unspecified atom stereocenters. The molecule has 0 saturated heterocycles. The molecule has 1 amide bonds. The quantitative estimate of drug-likeness (QED) is 0.814. The van der Waals surface area contributed by atoms with E-state index in [0.717, 1.165) is 6.07 Å². The Bertz CT molecular complexity index is 475. The molecule has 0 radical (unpaired) electrons. The van der Waals surface area contributed by atoms with Gasteiger partial charge >= 0.3 is 5.97 Å². The van der Waals surface area contributed by atoms with Crippen molar-refractivity contribution in [3.63, 3.8) is 0 Å². The molecule has 2 N–H and O–H groups in total. The zero-order chi connectivity index (χ0) is 13.7. The van der Waals surface area contributed by atoms with E-state index in [4.69, 9.17) is 5.73 Å². The maximum atomic E-state index is 13.7. The number of ether oxygens (including phenoxy) is 1. The number of hydrogen-bond donors (Lipinski definition) is 1. The summed E-state index contributed by atoms with van der Waals surface area (Å²) in [5.74, 6) is -3.70. The summed E-state index contributed by atoms with van der Waals surface area (Å²) >= 11 is 0. The van der Waals surface area contributed by atoms with Gasteiger partial charge in [0, 0.05) is 6.42 Å². The van der Waals surface area contributed by atoms with Gasteiger partial charge in [-0.2, -0.15) is 0 Å². The third-order valence-electron chi connectivity index (χ3n) is 2.32. The highest BCUT2D eigenvalue weighted by Crippen LogP contribution is 2.18. The topological polar surface area (TPSA) is 69.4 Å². The number of carbonyl (C=O) groups excluding carboxylic acids is 2. The number of amides is 1. The number of carbonyl (C=O) groups is 2. The Morgan fingerprint density at radius 1 is 1.33 bits per heavy atom. The van der Waals surface area contributed by atoms with E-state index < -0.39 is 29.1 Å². The Morgan fingerprint density at radius 2 is 2.00 bits per heavy atom. The van der Waals surface area contributed by atoms with Crippen molar-refractivity contribution in [3.8, 4) is 0 Å². The summed E-state index contributed by atoms with van der Waals surface area (Å²) in [5.41, 5.74) is 4.15. The second-order valence-electron chi connectivity index (χ2n) is 3.56. The van der Waals surface area contributed by atoms with Crippen molar-refractivity contribution in [1.29, 1.82) is 0 Å². The van der Waals surface area contributed by atoms with Gasteiger partial charge in [0.15, 0.2) is 0 Å². The fourth-order valence-corrected chi connectivity index (χ4v) is 1.48. The zero-order valence-electron chi connectivity index (χ0n) is 9.83. The van der Waals surface area contributed by atoms with Crippen molar-refractivity contribution in [2.75, 3.05) is 6.61 Å². The maximum Gasteiger partial charge on any atom is 0.306 e. The average Bonchev–Trinajstić information content (AvgIpc) is 2.28. The predicted molar refractivity (Wildman–Crippen MR) is 59.8 cm³/mol. The molecule has 0 atom stereocenters. The summed E-state index contributed by atoms with van der Waals surface area (Å²) in [6, 6.07) is 2.12. The molecular formula is C12H13F2NO3. The van der Waals surface area contributed by atoms with Crippen LogP contribution < -0.4 is 5.73 Å². The van der Waals surface area contributed by atoms with Crippen molar-refractivity contribution >= 4 is 11.9 Å². The van der Waals surface area contributed by atoms with Crippen LogP contribution in [0.25, 0.3) is 0 Å². The Hall–Kier alpha value is -1.98. The lowest BCUT2D eigenvalue weighted by Crippen LogP contribution is -2.17. The number of rotatable bonds is 5. The Balaban J connectivity index is 2.88. The first-order valence-corrected chi connectivity index (χ1v) is 5.39. The number of esters is 1. The highest BCUT2D eigenvalue weighted by atomic mass is 19.1. The smallest absolute Gasteiger partial charge is 0.306 e. The van der Waals surface area contributed by atoms with E-state index in [1.807, 2.05) is 0 Å². The van der Waals surface area contributed by atoms with Gasteiger partial charge in [-0.15, -0.1) is 0 Å². The summed E-state index contributed by atoms with van der Waals surface area (Å²) in [7, 11) is 0. The summed E-state index contributed by atoms with van der Waals surface area (Å²) in [6.45, 7) is 1.89. The number of hydrogen-bond acceptors (Lipinski definition) is 3. The van der Waals surface area contributed by atoms with Crippen LogP contribution >= 0.6 is 0 Å². The molecule has 1 aromatic carbocycles. The van der Waals surface area contributed by atoms with E-state index >= 15 is 0 Å². The van der Waals surface area contributed by atoms with Crippen molar-refractivity contribution < 1.29 is 23.1 Å². The molecule has 0 aromatic heterocycles. The van der Waals surface area contributed by atoms with Gasteiger partial charge in [0.2, 0.25) is 0 Å². The molecule has 0 spiro atoms. The molecule has 0 aliphatic carbocycles. The number of nitrogens with two attached hydrogens (primary N) is 1. The van der Waals surface area contributed by atoms with E-state index in [0.29, 0.717) is 0 Å². The molecule has 0 saturated carbocycles. The maximum absolute atomic E-state index is 13.7. The van der Waals surface area contributed by atoms with Gasteiger partial charge in [-0.3, -0.25) is 9.59 Å². The molecule has 0 aliphatic heterocycles. The van der Waals surface area contributed by atoms with Gasteiger partial charge < -0.3 is 10.5 Å². The first-order valence-electron chi connectivity index (χ1n) is 5.39. The molecular weight excluding hydrogens is 244 g/mol. The van der Waals surface area contributed by atoms with Crippen LogP contribution in [0.5, 0.6) is 0 Å². The van der Waals surface area contributed by atoms with Gasteiger partial charge in [-0.1, -0.05) is 6.07 Å². The monoisotopic (exact) mass is 257 g/mol. The molecule has 0 bridgehead atoms. The first-order chi connectivity index (χ1) is 8.47. The Kier molecular flexibility index (Phi) is 4.76. The van der Waals surface area contributed by atoms with E-state index in [9.17, 15) is 18.4 Å². The van der Waals surface area contributed by atoms with Gasteiger partial charge in [0.25, 0.3) is 5.91 Å². The fourth-order valence-electron chi connectivity index (χ4n) is 1.48. The third kappa shape index (κ3) is 3.26. The van der Waals surface area contributed by atoms with Crippen molar-refractivity contribution in [2.24, 2.45) is 5.73 Å². The molecule has 6 heteroatoms. The summed E-state index contributed by atoms with van der Waals surface area (Å²) < 4.78 is 31.6. The molecule has 1 aromatic rings. The molecule has 0 aliphatic rings. The second kappa shape index (κ2) is 6.09. The standard InChI is InChI=1S/C12H13F2NO3/c1-2-18-9(16)6-4-7-3-5-8(13)10(11(7)14)12(15)17/h3,5H,2,4,6H2,1H3,(H2,15,17).